The molecule has 0 radical (unpaired) electrons. The molecule has 0 aliphatic rings. The van der Waals surface area contributed by atoms with Crippen molar-refractivity contribution in [2.45, 2.75) is 31.8 Å². The third-order valence-corrected chi connectivity index (χ3v) is 5.24. The molecule has 0 saturated heterocycles. The Labute approximate surface area is 137 Å². The van der Waals surface area contributed by atoms with Crippen molar-refractivity contribution in [2.24, 2.45) is 0 Å². The van der Waals surface area contributed by atoms with Crippen molar-refractivity contribution in [1.29, 1.82) is 0 Å². The molecule has 0 N–H and O–H groups in total. The van der Waals surface area contributed by atoms with Crippen molar-refractivity contribution in [3.05, 3.63) is 59.6 Å². The number of oxazole rings is 1. The van der Waals surface area contributed by atoms with E-state index in [4.69, 9.17) is 4.42 Å². The van der Waals surface area contributed by atoms with Gasteiger partial charge in [0.25, 0.3) is 0 Å². The summed E-state index contributed by atoms with van der Waals surface area (Å²) in [6.45, 7) is 5.60. The number of nitrogens with zero attached hydrogens (tertiary/aromatic N) is 4. The Bertz CT molecular complexity index is 806. The first kappa shape index (κ1) is 15.6. The summed E-state index contributed by atoms with van der Waals surface area (Å²) < 4.78 is 19.7. The van der Waals surface area contributed by atoms with E-state index in [0.717, 1.165) is 17.1 Å². The molecule has 0 aliphatic heterocycles. The van der Waals surface area contributed by atoms with Gasteiger partial charge in [-0.2, -0.15) is 0 Å². The Morgan fingerprint density at radius 3 is 2.65 bits per heavy atom. The molecule has 2 atom stereocenters. The summed E-state index contributed by atoms with van der Waals surface area (Å²) in [7, 11) is -1.18. The lowest BCUT2D eigenvalue weighted by Gasteiger charge is -2.06. The van der Waals surface area contributed by atoms with Crippen molar-refractivity contribution in [3.63, 3.8) is 0 Å². The second kappa shape index (κ2) is 6.45. The maximum Gasteiger partial charge on any atom is 0.207 e. The van der Waals surface area contributed by atoms with Crippen molar-refractivity contribution < 1.29 is 8.63 Å². The normalized spacial score (nSPS) is 13.9. The molecule has 2 heterocycles. The van der Waals surface area contributed by atoms with Gasteiger partial charge in [-0.15, -0.1) is 5.10 Å². The second-order valence-electron chi connectivity index (χ2n) is 5.34. The van der Waals surface area contributed by atoms with Gasteiger partial charge in [0.15, 0.2) is 0 Å². The molecule has 1 aromatic carbocycles. The monoisotopic (exact) mass is 330 g/mol. The molecule has 2 aromatic heterocycles. The highest BCUT2D eigenvalue weighted by Crippen LogP contribution is 2.21. The lowest BCUT2D eigenvalue weighted by molar-refractivity contribution is 0.487. The van der Waals surface area contributed by atoms with Gasteiger partial charge in [0.2, 0.25) is 5.89 Å². The highest BCUT2D eigenvalue weighted by atomic mass is 32.2. The van der Waals surface area contributed by atoms with Gasteiger partial charge in [-0.3, -0.25) is 4.21 Å². The maximum absolute atomic E-state index is 12.5. The van der Waals surface area contributed by atoms with Gasteiger partial charge < -0.3 is 4.42 Å². The van der Waals surface area contributed by atoms with Gasteiger partial charge in [0.05, 0.1) is 28.5 Å². The third kappa shape index (κ3) is 3.39. The molecule has 0 saturated carbocycles. The van der Waals surface area contributed by atoms with Gasteiger partial charge in [-0.25, -0.2) is 9.67 Å². The van der Waals surface area contributed by atoms with Crippen LogP contribution in [0.1, 0.15) is 35.2 Å². The highest BCUT2D eigenvalue weighted by molar-refractivity contribution is 7.84. The predicted molar refractivity (Wildman–Crippen MR) is 87.6 cm³/mol. The Hall–Kier alpha value is -2.28. The fourth-order valence-corrected chi connectivity index (χ4v) is 3.15. The van der Waals surface area contributed by atoms with Crippen LogP contribution in [0.3, 0.4) is 0 Å². The number of rotatable bonds is 5. The third-order valence-electron chi connectivity index (χ3n) is 3.68. The Morgan fingerprint density at radius 1 is 1.26 bits per heavy atom. The zero-order valence-electron chi connectivity index (χ0n) is 13.3. The summed E-state index contributed by atoms with van der Waals surface area (Å²) in [4.78, 5) is 4.28. The SMILES string of the molecule is Cc1nc(C[S@](=O)[C@@H](C)c2cn(-c3ccccc3)nn2)oc1C. The molecular formula is C16H18N4O2S. The van der Waals surface area contributed by atoms with Gasteiger partial charge >= 0.3 is 0 Å². The van der Waals surface area contributed by atoms with Crippen molar-refractivity contribution >= 4 is 10.8 Å². The fourth-order valence-electron chi connectivity index (χ4n) is 2.15. The zero-order chi connectivity index (χ0) is 16.4. The van der Waals surface area contributed by atoms with Crippen molar-refractivity contribution in [1.82, 2.24) is 20.0 Å². The minimum Gasteiger partial charge on any atom is -0.445 e. The lowest BCUT2D eigenvalue weighted by atomic mass is 10.3. The predicted octanol–water partition coefficient (Wildman–Crippen LogP) is 2.88. The van der Waals surface area contributed by atoms with E-state index in [1.165, 1.54) is 0 Å². The van der Waals surface area contributed by atoms with Crippen molar-refractivity contribution in [2.75, 3.05) is 0 Å². The summed E-state index contributed by atoms with van der Waals surface area (Å²) in [6, 6.07) is 9.70. The van der Waals surface area contributed by atoms with Crippen molar-refractivity contribution in [3.8, 4) is 5.69 Å². The molecule has 120 valence electrons. The van der Waals surface area contributed by atoms with E-state index in [0.29, 0.717) is 11.6 Å². The summed E-state index contributed by atoms with van der Waals surface area (Å²) in [5, 5.41) is 8.01. The molecule has 23 heavy (non-hydrogen) atoms. The maximum atomic E-state index is 12.5. The Balaban J connectivity index is 1.74. The van der Waals surface area contributed by atoms with E-state index in [1.807, 2.05) is 57.3 Å². The van der Waals surface area contributed by atoms with E-state index in [1.54, 1.807) is 4.68 Å². The van der Waals surface area contributed by atoms with E-state index < -0.39 is 10.8 Å². The second-order valence-corrected chi connectivity index (χ2v) is 7.10. The molecule has 0 unspecified atom stereocenters. The van der Waals surface area contributed by atoms with E-state index >= 15 is 0 Å². The van der Waals surface area contributed by atoms with Crippen LogP contribution in [0.2, 0.25) is 0 Å². The molecule has 0 aliphatic carbocycles. The van der Waals surface area contributed by atoms with Crippen LogP contribution in [0.25, 0.3) is 5.69 Å². The topological polar surface area (TPSA) is 73.8 Å². The average molecular weight is 330 g/mol. The van der Waals surface area contributed by atoms with Crippen LogP contribution in [0.5, 0.6) is 0 Å². The molecule has 3 aromatic rings. The Kier molecular flexibility index (Phi) is 4.38. The molecule has 0 bridgehead atoms. The smallest absolute Gasteiger partial charge is 0.207 e. The molecule has 0 spiro atoms. The standard InChI is InChI=1S/C16H18N4O2S/c1-11-12(2)22-16(17-11)10-23(21)13(3)15-9-20(19-18-15)14-7-5-4-6-8-14/h4-9,13H,10H2,1-3H3/t13-,23-/m0/s1. The first-order chi connectivity index (χ1) is 11.0. The summed E-state index contributed by atoms with van der Waals surface area (Å²) in [5.41, 5.74) is 2.44. The number of aryl methyl sites for hydroxylation is 2. The van der Waals surface area contributed by atoms with E-state index in [9.17, 15) is 4.21 Å². The van der Waals surface area contributed by atoms with E-state index in [-0.39, 0.29) is 11.0 Å². The molecule has 0 fully saturated rings. The van der Waals surface area contributed by atoms with Gasteiger partial charge in [0.1, 0.15) is 11.5 Å². The van der Waals surface area contributed by atoms with Crippen LogP contribution >= 0.6 is 0 Å². The largest absolute Gasteiger partial charge is 0.445 e. The lowest BCUT2D eigenvalue weighted by Crippen LogP contribution is -2.06. The Morgan fingerprint density at radius 2 is 2.00 bits per heavy atom. The average Bonchev–Trinajstić information content (AvgIpc) is 3.15. The minimum atomic E-state index is -1.18. The fraction of sp³-hybridized carbons (Fsp3) is 0.312. The molecule has 3 rings (SSSR count). The number of hydrogen-bond donors (Lipinski definition) is 0. The number of hydrogen-bond acceptors (Lipinski definition) is 5. The summed E-state index contributed by atoms with van der Waals surface area (Å²) in [5.74, 6) is 1.54. The number of para-hydroxylation sites is 1. The number of benzene rings is 1. The summed E-state index contributed by atoms with van der Waals surface area (Å²) >= 11 is 0. The first-order valence-electron chi connectivity index (χ1n) is 7.32. The molecular weight excluding hydrogens is 312 g/mol. The van der Waals surface area contributed by atoms with Gasteiger partial charge in [0, 0.05) is 10.8 Å². The molecule has 0 amide bonds. The van der Waals surface area contributed by atoms with Gasteiger partial charge in [-0.1, -0.05) is 23.4 Å². The quantitative estimate of drug-likeness (QED) is 0.719. The zero-order valence-corrected chi connectivity index (χ0v) is 14.1. The summed E-state index contributed by atoms with van der Waals surface area (Å²) in [6.07, 6.45) is 1.81. The van der Waals surface area contributed by atoms with Crippen LogP contribution in [0.15, 0.2) is 40.9 Å². The van der Waals surface area contributed by atoms with Crippen LogP contribution in [-0.2, 0) is 16.6 Å². The first-order valence-corrected chi connectivity index (χ1v) is 8.70. The van der Waals surface area contributed by atoms with Crippen LogP contribution in [0, 0.1) is 13.8 Å². The van der Waals surface area contributed by atoms with Crippen LogP contribution in [-0.4, -0.2) is 24.2 Å². The minimum absolute atomic E-state index is 0.250. The van der Waals surface area contributed by atoms with Crippen LogP contribution in [0.4, 0.5) is 0 Å². The molecule has 7 heteroatoms. The molecule has 6 nitrogen and oxygen atoms in total. The van der Waals surface area contributed by atoms with E-state index in [2.05, 4.69) is 15.3 Å². The van der Waals surface area contributed by atoms with Gasteiger partial charge in [-0.05, 0) is 32.9 Å². The highest BCUT2D eigenvalue weighted by Gasteiger charge is 2.20. The number of aromatic nitrogens is 4. The van der Waals surface area contributed by atoms with Crippen LogP contribution < -0.4 is 0 Å².